The fraction of sp³-hybridized carbons (Fsp3) is 0.600. The second-order valence-corrected chi connectivity index (χ2v) is 6.00. The Hall–Kier alpha value is -0.350. The van der Waals surface area contributed by atoms with Crippen molar-refractivity contribution in [2.45, 2.75) is 44.8 Å². The number of benzene rings is 1. The minimum Gasteiger partial charge on any atom is -0.377 e. The van der Waals surface area contributed by atoms with Crippen molar-refractivity contribution in [1.29, 1.82) is 0 Å². The van der Waals surface area contributed by atoms with Gasteiger partial charge in [-0.25, -0.2) is 4.39 Å². The molecule has 0 bridgehead atoms. The van der Waals surface area contributed by atoms with Gasteiger partial charge in [0.1, 0.15) is 5.82 Å². The first-order chi connectivity index (χ1) is 9.59. The van der Waals surface area contributed by atoms with Crippen LogP contribution in [0.3, 0.4) is 0 Å². The molecule has 0 aliphatic heterocycles. The molecule has 1 N–H and O–H groups in total. The summed E-state index contributed by atoms with van der Waals surface area (Å²) in [6, 6.07) is 2.70. The molecule has 1 aliphatic rings. The Labute approximate surface area is 129 Å². The van der Waals surface area contributed by atoms with Crippen molar-refractivity contribution in [3.05, 3.63) is 33.6 Å². The second kappa shape index (κ2) is 7.60. The Bertz CT molecular complexity index is 450. The monoisotopic (exact) mass is 319 g/mol. The highest BCUT2D eigenvalue weighted by Crippen LogP contribution is 2.32. The van der Waals surface area contributed by atoms with Gasteiger partial charge in [0.25, 0.3) is 0 Å². The lowest BCUT2D eigenvalue weighted by molar-refractivity contribution is 0.0593. The Morgan fingerprint density at radius 3 is 2.75 bits per heavy atom. The summed E-state index contributed by atoms with van der Waals surface area (Å²) in [7, 11) is 0. The highest BCUT2D eigenvalue weighted by Gasteiger charge is 2.17. The summed E-state index contributed by atoms with van der Waals surface area (Å²) in [5, 5.41) is 3.84. The van der Waals surface area contributed by atoms with Crippen LogP contribution >= 0.6 is 23.2 Å². The van der Waals surface area contributed by atoms with E-state index in [4.69, 9.17) is 27.9 Å². The number of halogens is 3. The van der Waals surface area contributed by atoms with E-state index >= 15 is 0 Å². The standard InChI is InChI=1S/C15H20Cl2FNO/c1-10(14-12(16)6-7-13(18)15(14)17)19-8-9-20-11-4-2-3-5-11/h6-7,10-11,19H,2-5,8-9H2,1H3. The van der Waals surface area contributed by atoms with Gasteiger partial charge in [0.15, 0.2) is 0 Å². The van der Waals surface area contributed by atoms with Gasteiger partial charge in [0.2, 0.25) is 0 Å². The van der Waals surface area contributed by atoms with Crippen molar-refractivity contribution in [1.82, 2.24) is 5.32 Å². The molecule has 1 unspecified atom stereocenters. The normalized spacial score (nSPS) is 17.6. The maximum atomic E-state index is 13.5. The lowest BCUT2D eigenvalue weighted by atomic mass is 10.1. The van der Waals surface area contributed by atoms with Crippen LogP contribution in [0.15, 0.2) is 12.1 Å². The molecule has 0 heterocycles. The van der Waals surface area contributed by atoms with Gasteiger partial charge in [0, 0.05) is 23.2 Å². The molecule has 0 spiro atoms. The molecular formula is C15H20Cl2FNO. The van der Waals surface area contributed by atoms with E-state index in [-0.39, 0.29) is 11.1 Å². The molecule has 0 aromatic heterocycles. The zero-order valence-corrected chi connectivity index (χ0v) is 13.1. The van der Waals surface area contributed by atoms with Crippen molar-refractivity contribution < 1.29 is 9.13 Å². The van der Waals surface area contributed by atoms with E-state index < -0.39 is 5.82 Å². The Morgan fingerprint density at radius 1 is 1.35 bits per heavy atom. The molecule has 1 atom stereocenters. The highest BCUT2D eigenvalue weighted by molar-refractivity contribution is 6.36. The molecule has 0 saturated heterocycles. The van der Waals surface area contributed by atoms with E-state index in [2.05, 4.69) is 5.32 Å². The molecule has 1 aromatic rings. The van der Waals surface area contributed by atoms with Gasteiger partial charge in [-0.1, -0.05) is 36.0 Å². The topological polar surface area (TPSA) is 21.3 Å². The molecule has 0 radical (unpaired) electrons. The van der Waals surface area contributed by atoms with Crippen LogP contribution in [-0.4, -0.2) is 19.3 Å². The summed E-state index contributed by atoms with van der Waals surface area (Å²) in [5.74, 6) is -0.443. The van der Waals surface area contributed by atoms with Crippen molar-refractivity contribution in [3.8, 4) is 0 Å². The maximum Gasteiger partial charge on any atom is 0.142 e. The lowest BCUT2D eigenvalue weighted by Gasteiger charge is -2.18. The molecule has 2 nitrogen and oxygen atoms in total. The second-order valence-electron chi connectivity index (χ2n) is 5.21. The van der Waals surface area contributed by atoms with Crippen LogP contribution in [0, 0.1) is 5.82 Å². The smallest absolute Gasteiger partial charge is 0.142 e. The summed E-state index contributed by atoms with van der Waals surface area (Å²) >= 11 is 12.1. The Kier molecular flexibility index (Phi) is 6.09. The first-order valence-electron chi connectivity index (χ1n) is 7.08. The quantitative estimate of drug-likeness (QED) is 0.604. The van der Waals surface area contributed by atoms with Crippen LogP contribution in [0.2, 0.25) is 10.0 Å². The predicted molar refractivity (Wildman–Crippen MR) is 81.0 cm³/mol. The zero-order chi connectivity index (χ0) is 14.5. The van der Waals surface area contributed by atoms with Gasteiger partial charge >= 0.3 is 0 Å². The summed E-state index contributed by atoms with van der Waals surface area (Å²) in [4.78, 5) is 0. The Balaban J connectivity index is 1.82. The zero-order valence-electron chi connectivity index (χ0n) is 11.6. The molecular weight excluding hydrogens is 300 g/mol. The minimum atomic E-state index is -0.443. The van der Waals surface area contributed by atoms with E-state index in [9.17, 15) is 4.39 Å². The van der Waals surface area contributed by atoms with E-state index in [1.54, 1.807) is 0 Å². The molecule has 1 aliphatic carbocycles. The first-order valence-corrected chi connectivity index (χ1v) is 7.83. The number of ether oxygens (including phenoxy) is 1. The third-order valence-electron chi connectivity index (χ3n) is 3.72. The molecule has 5 heteroatoms. The fourth-order valence-electron chi connectivity index (χ4n) is 2.60. The SMILES string of the molecule is CC(NCCOC1CCCC1)c1c(Cl)ccc(F)c1Cl. The highest BCUT2D eigenvalue weighted by atomic mass is 35.5. The number of rotatable bonds is 6. The average molecular weight is 320 g/mol. The molecule has 1 saturated carbocycles. The van der Waals surface area contributed by atoms with Crippen molar-refractivity contribution >= 4 is 23.2 Å². The van der Waals surface area contributed by atoms with Gasteiger partial charge in [-0.15, -0.1) is 0 Å². The van der Waals surface area contributed by atoms with Crippen molar-refractivity contribution in [2.24, 2.45) is 0 Å². The maximum absolute atomic E-state index is 13.5. The predicted octanol–water partition coefficient (Wildman–Crippen LogP) is 4.74. The summed E-state index contributed by atoms with van der Waals surface area (Å²) in [6.07, 6.45) is 5.27. The van der Waals surface area contributed by atoms with E-state index in [0.717, 1.165) is 12.8 Å². The fourth-order valence-corrected chi connectivity index (χ4v) is 3.30. The van der Waals surface area contributed by atoms with E-state index in [1.165, 1.54) is 25.0 Å². The van der Waals surface area contributed by atoms with Gasteiger partial charge in [0.05, 0.1) is 17.7 Å². The average Bonchev–Trinajstić information content (AvgIpc) is 2.93. The van der Waals surface area contributed by atoms with Crippen LogP contribution < -0.4 is 5.32 Å². The van der Waals surface area contributed by atoms with Gasteiger partial charge in [-0.3, -0.25) is 0 Å². The van der Waals surface area contributed by atoms with E-state index in [0.29, 0.717) is 29.8 Å². The summed E-state index contributed by atoms with van der Waals surface area (Å²) in [5.41, 5.74) is 0.606. The van der Waals surface area contributed by atoms with Gasteiger partial charge in [-0.2, -0.15) is 0 Å². The molecule has 20 heavy (non-hydrogen) atoms. The van der Waals surface area contributed by atoms with E-state index in [1.807, 2.05) is 6.92 Å². The molecule has 2 rings (SSSR count). The van der Waals surface area contributed by atoms with Crippen LogP contribution in [0.4, 0.5) is 4.39 Å². The summed E-state index contributed by atoms with van der Waals surface area (Å²) in [6.45, 7) is 3.27. The Morgan fingerprint density at radius 2 is 2.05 bits per heavy atom. The van der Waals surface area contributed by atoms with Crippen LogP contribution in [0.1, 0.15) is 44.2 Å². The number of hydrogen-bond donors (Lipinski definition) is 1. The molecule has 1 fully saturated rings. The van der Waals surface area contributed by atoms with Crippen molar-refractivity contribution in [3.63, 3.8) is 0 Å². The van der Waals surface area contributed by atoms with Crippen LogP contribution in [-0.2, 0) is 4.74 Å². The number of hydrogen-bond acceptors (Lipinski definition) is 2. The van der Waals surface area contributed by atoms with Gasteiger partial charge < -0.3 is 10.1 Å². The third-order valence-corrected chi connectivity index (χ3v) is 4.43. The van der Waals surface area contributed by atoms with Crippen LogP contribution in [0.5, 0.6) is 0 Å². The first kappa shape index (κ1) is 16.0. The van der Waals surface area contributed by atoms with Crippen LogP contribution in [0.25, 0.3) is 0 Å². The third kappa shape index (κ3) is 4.08. The largest absolute Gasteiger partial charge is 0.377 e. The minimum absolute atomic E-state index is 0.0919. The molecule has 112 valence electrons. The molecule has 0 amide bonds. The number of nitrogens with one attached hydrogen (secondary N) is 1. The molecule has 1 aromatic carbocycles. The lowest BCUT2D eigenvalue weighted by Crippen LogP contribution is -2.25. The van der Waals surface area contributed by atoms with Gasteiger partial charge in [-0.05, 0) is 31.9 Å². The van der Waals surface area contributed by atoms with Crippen molar-refractivity contribution in [2.75, 3.05) is 13.2 Å². The summed E-state index contributed by atoms with van der Waals surface area (Å²) < 4.78 is 19.2.